The van der Waals surface area contributed by atoms with Gasteiger partial charge in [-0.25, -0.2) is 0 Å². The van der Waals surface area contributed by atoms with E-state index in [1.165, 1.54) is 16.7 Å². The van der Waals surface area contributed by atoms with Gasteiger partial charge in [0.05, 0.1) is 6.42 Å². The van der Waals surface area contributed by atoms with E-state index in [1.54, 1.807) is 0 Å². The van der Waals surface area contributed by atoms with Crippen molar-refractivity contribution in [2.75, 3.05) is 24.6 Å². The fraction of sp³-hybridized carbons (Fsp3) is 0.889. The van der Waals surface area contributed by atoms with E-state index in [9.17, 15) is 18.0 Å². The Bertz CT molecular complexity index is 275. The van der Waals surface area contributed by atoms with Gasteiger partial charge >= 0.3 is 12.1 Å². The second kappa shape index (κ2) is 5.92. The van der Waals surface area contributed by atoms with Crippen molar-refractivity contribution in [1.29, 1.82) is 0 Å². The van der Waals surface area contributed by atoms with Crippen LogP contribution in [0.4, 0.5) is 13.2 Å². The van der Waals surface area contributed by atoms with Gasteiger partial charge in [-0.3, -0.25) is 9.69 Å². The molecule has 1 aliphatic heterocycles. The van der Waals surface area contributed by atoms with Crippen molar-refractivity contribution in [3.8, 4) is 0 Å². The number of carboxylic acids is 1. The first kappa shape index (κ1) is 14.6. The lowest BCUT2D eigenvalue weighted by atomic mass is 10.1. The summed E-state index contributed by atoms with van der Waals surface area (Å²) < 4.78 is 36.6. The first-order valence-corrected chi connectivity index (χ1v) is 6.24. The van der Waals surface area contributed by atoms with E-state index in [-0.39, 0.29) is 6.42 Å². The van der Waals surface area contributed by atoms with E-state index in [0.29, 0.717) is 18.1 Å². The van der Waals surface area contributed by atoms with Crippen molar-refractivity contribution in [3.05, 3.63) is 0 Å². The Morgan fingerprint density at radius 3 is 2.71 bits per heavy atom. The first-order valence-electron chi connectivity index (χ1n) is 5.09. The van der Waals surface area contributed by atoms with Gasteiger partial charge in [0.1, 0.15) is 0 Å². The van der Waals surface area contributed by atoms with Crippen LogP contribution >= 0.6 is 11.8 Å². The number of carboxylic acid groups (broad SMARTS) is 1. The maximum Gasteiger partial charge on any atom is 0.415 e. The number of thioether (sulfide) groups is 1. The summed E-state index contributed by atoms with van der Waals surface area (Å²) in [6.07, 6.45) is -7.27. The van der Waals surface area contributed by atoms with Crippen LogP contribution in [0.15, 0.2) is 0 Å². The molecular weight excluding hydrogens is 259 g/mol. The van der Waals surface area contributed by atoms with Gasteiger partial charge in [-0.1, -0.05) is 0 Å². The minimum atomic E-state index is -4.65. The van der Waals surface area contributed by atoms with Crippen molar-refractivity contribution in [2.24, 2.45) is 0 Å². The van der Waals surface area contributed by atoms with Crippen LogP contribution in [0.5, 0.6) is 0 Å². The van der Waals surface area contributed by atoms with Crippen LogP contribution in [0.2, 0.25) is 0 Å². The topological polar surface area (TPSA) is 60.8 Å². The highest BCUT2D eigenvalue weighted by molar-refractivity contribution is 7.99. The Hall–Kier alpha value is -0.470. The largest absolute Gasteiger partial charge is 0.481 e. The molecule has 2 N–H and O–H groups in total. The zero-order chi connectivity index (χ0) is 13.1. The molecule has 0 aromatic rings. The molecule has 0 radical (unpaired) electrons. The Morgan fingerprint density at radius 2 is 2.18 bits per heavy atom. The number of nitrogens with zero attached hydrogens (tertiary/aromatic N) is 1. The lowest BCUT2D eigenvalue weighted by molar-refractivity contribution is -0.209. The quantitative estimate of drug-likeness (QED) is 0.793. The second-order valence-electron chi connectivity index (χ2n) is 3.88. The Kier molecular flexibility index (Phi) is 5.08. The fourth-order valence-corrected chi connectivity index (χ4v) is 2.78. The molecule has 0 amide bonds. The Morgan fingerprint density at radius 1 is 1.53 bits per heavy atom. The molecule has 17 heavy (non-hydrogen) atoms. The molecular formula is C9H14F3NO3S. The summed E-state index contributed by atoms with van der Waals surface area (Å²) in [6.45, 7) is -0.183. The third-order valence-corrected chi connectivity index (χ3v) is 3.64. The number of hydrogen-bond donors (Lipinski definition) is 2. The van der Waals surface area contributed by atoms with E-state index >= 15 is 0 Å². The highest BCUT2D eigenvalue weighted by atomic mass is 32.2. The number of aliphatic hydroxyl groups excluding tert-OH is 1. The van der Waals surface area contributed by atoms with Crippen LogP contribution in [0.1, 0.15) is 6.42 Å². The molecule has 1 aliphatic rings. The molecule has 2 atom stereocenters. The number of alkyl halides is 3. The molecule has 0 aromatic carbocycles. The second-order valence-corrected chi connectivity index (χ2v) is 5.03. The summed E-state index contributed by atoms with van der Waals surface area (Å²) in [7, 11) is 0. The Labute approximate surface area is 101 Å². The summed E-state index contributed by atoms with van der Waals surface area (Å²) in [5, 5.41) is 17.6. The van der Waals surface area contributed by atoms with E-state index in [1.807, 2.05) is 0 Å². The number of aliphatic hydroxyl groups is 1. The molecule has 0 aromatic heterocycles. The smallest absolute Gasteiger partial charge is 0.415 e. The lowest BCUT2D eigenvalue weighted by Gasteiger charge is -2.36. The molecule has 1 fully saturated rings. The fourth-order valence-electron chi connectivity index (χ4n) is 1.64. The monoisotopic (exact) mass is 273 g/mol. The summed E-state index contributed by atoms with van der Waals surface area (Å²) in [5.74, 6) is 0.0985. The maximum absolute atomic E-state index is 12.2. The van der Waals surface area contributed by atoms with Gasteiger partial charge in [0.2, 0.25) is 0 Å². The van der Waals surface area contributed by atoms with Gasteiger partial charge in [-0.15, -0.1) is 0 Å². The molecule has 2 unspecified atom stereocenters. The van der Waals surface area contributed by atoms with Crippen LogP contribution in [-0.2, 0) is 4.79 Å². The predicted octanol–water partition coefficient (Wildman–Crippen LogP) is 0.802. The first-order chi connectivity index (χ1) is 7.80. The van der Waals surface area contributed by atoms with E-state index in [4.69, 9.17) is 10.2 Å². The zero-order valence-electron chi connectivity index (χ0n) is 8.98. The Balaban J connectivity index is 2.56. The number of hydrogen-bond acceptors (Lipinski definition) is 4. The molecule has 1 saturated heterocycles. The summed E-state index contributed by atoms with van der Waals surface area (Å²) in [5.41, 5.74) is 0. The SMILES string of the molecule is O=C(O)CC1CSCCN1CC(O)C(F)(F)F. The van der Waals surface area contributed by atoms with Crippen molar-refractivity contribution < 1.29 is 28.2 Å². The number of aliphatic carboxylic acids is 1. The third kappa shape index (κ3) is 4.72. The number of carbonyl (C=O) groups is 1. The summed E-state index contributed by atoms with van der Waals surface area (Å²) in [4.78, 5) is 12.0. The van der Waals surface area contributed by atoms with Crippen LogP contribution in [-0.4, -0.2) is 64.0 Å². The highest BCUT2D eigenvalue weighted by Crippen LogP contribution is 2.24. The molecule has 0 spiro atoms. The van der Waals surface area contributed by atoms with Gasteiger partial charge in [0.15, 0.2) is 6.10 Å². The van der Waals surface area contributed by atoms with E-state index < -0.39 is 30.8 Å². The van der Waals surface area contributed by atoms with Crippen molar-refractivity contribution in [2.45, 2.75) is 24.7 Å². The van der Waals surface area contributed by atoms with Crippen molar-refractivity contribution in [1.82, 2.24) is 4.90 Å². The maximum atomic E-state index is 12.2. The average Bonchev–Trinajstić information content (AvgIpc) is 2.18. The number of halogens is 3. The highest BCUT2D eigenvalue weighted by Gasteiger charge is 2.40. The van der Waals surface area contributed by atoms with Gasteiger partial charge < -0.3 is 10.2 Å². The molecule has 8 heteroatoms. The third-order valence-electron chi connectivity index (χ3n) is 2.55. The predicted molar refractivity (Wildman–Crippen MR) is 57.0 cm³/mol. The molecule has 1 heterocycles. The number of rotatable bonds is 4. The molecule has 1 rings (SSSR count). The van der Waals surface area contributed by atoms with Crippen molar-refractivity contribution >= 4 is 17.7 Å². The van der Waals surface area contributed by atoms with Crippen LogP contribution in [0.3, 0.4) is 0 Å². The minimum Gasteiger partial charge on any atom is -0.481 e. The van der Waals surface area contributed by atoms with Gasteiger partial charge in [-0.2, -0.15) is 24.9 Å². The van der Waals surface area contributed by atoms with Crippen molar-refractivity contribution in [3.63, 3.8) is 0 Å². The number of β-amino-alcohol motifs (C(OH)–C–C–N with tert-alkyl or cyclic N) is 1. The van der Waals surface area contributed by atoms with Gasteiger partial charge in [0, 0.05) is 30.6 Å². The summed E-state index contributed by atoms with van der Waals surface area (Å²) in [6, 6.07) is -0.441. The molecule has 4 nitrogen and oxygen atoms in total. The standard InChI is InChI=1S/C9H14F3NO3S/c10-9(11,12)7(14)4-13-1-2-17-5-6(13)3-8(15)16/h6-7,14H,1-5H2,(H,15,16). The average molecular weight is 273 g/mol. The normalized spacial score (nSPS) is 24.6. The van der Waals surface area contributed by atoms with Crippen LogP contribution < -0.4 is 0 Å². The van der Waals surface area contributed by atoms with Gasteiger partial charge in [0.25, 0.3) is 0 Å². The van der Waals surface area contributed by atoms with E-state index in [0.717, 1.165) is 0 Å². The van der Waals surface area contributed by atoms with Gasteiger partial charge in [-0.05, 0) is 0 Å². The molecule has 100 valence electrons. The summed E-state index contributed by atoms with van der Waals surface area (Å²) >= 11 is 1.52. The van der Waals surface area contributed by atoms with Crippen LogP contribution in [0, 0.1) is 0 Å². The molecule has 0 bridgehead atoms. The van der Waals surface area contributed by atoms with Crippen LogP contribution in [0.25, 0.3) is 0 Å². The minimum absolute atomic E-state index is 0.197. The van der Waals surface area contributed by atoms with E-state index in [2.05, 4.69) is 0 Å². The molecule has 0 aliphatic carbocycles. The zero-order valence-corrected chi connectivity index (χ0v) is 9.80. The lowest BCUT2D eigenvalue weighted by Crippen LogP contribution is -2.50. The molecule has 0 saturated carbocycles.